The topological polar surface area (TPSA) is 111 Å². The molecule has 9 heteroatoms. The fourth-order valence-electron chi connectivity index (χ4n) is 3.77. The lowest BCUT2D eigenvalue weighted by Gasteiger charge is -2.28. The van der Waals surface area contributed by atoms with Crippen LogP contribution in [0.25, 0.3) is 11.3 Å². The lowest BCUT2D eigenvalue weighted by molar-refractivity contribution is 0.415. The van der Waals surface area contributed by atoms with Crippen LogP contribution in [0.1, 0.15) is 29.7 Å². The molecule has 5 rings (SSSR count). The van der Waals surface area contributed by atoms with Gasteiger partial charge in [-0.1, -0.05) is 48.4 Å². The fourth-order valence-corrected chi connectivity index (χ4v) is 3.77. The van der Waals surface area contributed by atoms with Gasteiger partial charge in [0.25, 0.3) is 5.56 Å². The molecule has 0 spiro atoms. The number of aryl methyl sites for hydroxylation is 1. The van der Waals surface area contributed by atoms with Crippen molar-refractivity contribution < 1.29 is 4.74 Å². The van der Waals surface area contributed by atoms with Gasteiger partial charge in [0, 0.05) is 11.1 Å². The standard InChI is InChI=1S/C21H19N7O2/c1-3-12-7-9-13(10-8-12)19-16-17(14-5-4-6-15(11-14)30-2)23-24-20(29)18(16)22-21-25-26-27-28(19)21/h4-11,19H,3H2,1-2H3,(H,24,29)(H,22,25,27)/t19-/m1/s1. The predicted molar refractivity (Wildman–Crippen MR) is 111 cm³/mol. The number of aromatic amines is 1. The number of nitrogens with zero attached hydrogens (tertiary/aromatic N) is 5. The molecule has 2 aromatic carbocycles. The number of rotatable bonds is 4. The van der Waals surface area contributed by atoms with Gasteiger partial charge >= 0.3 is 0 Å². The highest BCUT2D eigenvalue weighted by Crippen LogP contribution is 2.41. The van der Waals surface area contributed by atoms with E-state index in [1.807, 2.05) is 36.4 Å². The Morgan fingerprint density at radius 2 is 2.00 bits per heavy atom. The molecule has 30 heavy (non-hydrogen) atoms. The molecule has 4 aromatic rings. The van der Waals surface area contributed by atoms with Crippen LogP contribution in [0.4, 0.5) is 11.6 Å². The molecule has 0 bridgehead atoms. The van der Waals surface area contributed by atoms with E-state index in [1.54, 1.807) is 11.8 Å². The zero-order chi connectivity index (χ0) is 20.7. The van der Waals surface area contributed by atoms with Crippen molar-refractivity contribution in [3.05, 3.63) is 75.6 Å². The normalized spacial score (nSPS) is 14.5. The van der Waals surface area contributed by atoms with Gasteiger partial charge in [-0.3, -0.25) is 4.79 Å². The van der Waals surface area contributed by atoms with E-state index in [-0.39, 0.29) is 5.56 Å². The Labute approximate surface area is 171 Å². The van der Waals surface area contributed by atoms with Gasteiger partial charge in [0.05, 0.1) is 12.8 Å². The molecule has 150 valence electrons. The summed E-state index contributed by atoms with van der Waals surface area (Å²) in [4.78, 5) is 12.7. The number of tetrazole rings is 1. The molecule has 1 aliphatic heterocycles. The first-order valence-corrected chi connectivity index (χ1v) is 9.60. The zero-order valence-corrected chi connectivity index (χ0v) is 16.5. The predicted octanol–water partition coefficient (Wildman–Crippen LogP) is 2.69. The number of methoxy groups -OCH3 is 1. The Morgan fingerprint density at radius 1 is 1.17 bits per heavy atom. The van der Waals surface area contributed by atoms with Gasteiger partial charge in [0.1, 0.15) is 17.5 Å². The van der Waals surface area contributed by atoms with E-state index in [4.69, 9.17) is 4.74 Å². The summed E-state index contributed by atoms with van der Waals surface area (Å²) in [6.07, 6.45) is 0.940. The molecule has 0 radical (unpaired) electrons. The summed E-state index contributed by atoms with van der Waals surface area (Å²) in [5, 5.41) is 22.1. The summed E-state index contributed by atoms with van der Waals surface area (Å²) in [5.41, 5.74) is 4.38. The molecule has 0 saturated carbocycles. The number of anilines is 2. The van der Waals surface area contributed by atoms with Crippen LogP contribution in [0, 0.1) is 0 Å². The van der Waals surface area contributed by atoms with Crippen LogP contribution in [-0.4, -0.2) is 37.5 Å². The number of nitrogens with one attached hydrogen (secondary N) is 2. The van der Waals surface area contributed by atoms with E-state index in [0.29, 0.717) is 28.6 Å². The monoisotopic (exact) mass is 401 g/mol. The first-order chi connectivity index (χ1) is 14.7. The lowest BCUT2D eigenvalue weighted by atomic mass is 9.92. The minimum Gasteiger partial charge on any atom is -0.497 e. The minimum atomic E-state index is -0.409. The van der Waals surface area contributed by atoms with Crippen LogP contribution in [0.5, 0.6) is 5.75 Å². The van der Waals surface area contributed by atoms with Gasteiger partial charge in [-0.05, 0) is 40.1 Å². The summed E-state index contributed by atoms with van der Waals surface area (Å²) < 4.78 is 7.05. The first kappa shape index (κ1) is 18.0. The number of hydrogen-bond acceptors (Lipinski definition) is 7. The quantitative estimate of drug-likeness (QED) is 0.476. The Hall–Kier alpha value is -4.01. The van der Waals surface area contributed by atoms with Crippen molar-refractivity contribution in [3.63, 3.8) is 0 Å². The third kappa shape index (κ3) is 2.83. The van der Waals surface area contributed by atoms with E-state index in [2.05, 4.69) is 50.1 Å². The van der Waals surface area contributed by atoms with Crippen LogP contribution in [0.3, 0.4) is 0 Å². The number of benzene rings is 2. The van der Waals surface area contributed by atoms with Gasteiger partial charge in [0.2, 0.25) is 5.95 Å². The second kappa shape index (κ2) is 7.11. The molecule has 3 heterocycles. The van der Waals surface area contributed by atoms with Crippen molar-refractivity contribution in [1.82, 2.24) is 30.4 Å². The van der Waals surface area contributed by atoms with Gasteiger partial charge < -0.3 is 10.1 Å². The van der Waals surface area contributed by atoms with E-state index < -0.39 is 6.04 Å². The van der Waals surface area contributed by atoms with E-state index >= 15 is 0 Å². The summed E-state index contributed by atoms with van der Waals surface area (Å²) >= 11 is 0. The molecule has 1 aliphatic rings. The minimum absolute atomic E-state index is 0.332. The van der Waals surface area contributed by atoms with Crippen molar-refractivity contribution in [2.75, 3.05) is 12.4 Å². The zero-order valence-electron chi connectivity index (χ0n) is 16.5. The molecule has 2 N–H and O–H groups in total. The van der Waals surface area contributed by atoms with Crippen molar-refractivity contribution in [2.24, 2.45) is 0 Å². The van der Waals surface area contributed by atoms with Crippen molar-refractivity contribution >= 4 is 11.6 Å². The third-order valence-electron chi connectivity index (χ3n) is 5.32. The summed E-state index contributed by atoms with van der Waals surface area (Å²) in [6.45, 7) is 2.11. The molecule has 0 saturated heterocycles. The lowest BCUT2D eigenvalue weighted by Crippen LogP contribution is -2.29. The molecular weight excluding hydrogens is 382 g/mol. The van der Waals surface area contributed by atoms with Gasteiger partial charge in [-0.25, -0.2) is 5.10 Å². The highest BCUT2D eigenvalue weighted by Gasteiger charge is 2.34. The van der Waals surface area contributed by atoms with E-state index in [0.717, 1.165) is 17.5 Å². The molecule has 0 amide bonds. The van der Waals surface area contributed by atoms with Crippen LogP contribution in [-0.2, 0) is 6.42 Å². The maximum absolute atomic E-state index is 12.7. The molecule has 0 aliphatic carbocycles. The largest absolute Gasteiger partial charge is 0.497 e. The number of ether oxygens (including phenoxy) is 1. The van der Waals surface area contributed by atoms with Gasteiger partial charge in [-0.15, -0.1) is 0 Å². The smallest absolute Gasteiger partial charge is 0.288 e. The fraction of sp³-hybridized carbons (Fsp3) is 0.190. The number of H-pyrrole nitrogens is 1. The van der Waals surface area contributed by atoms with Crippen LogP contribution in [0.2, 0.25) is 0 Å². The van der Waals surface area contributed by atoms with Crippen molar-refractivity contribution in [1.29, 1.82) is 0 Å². The maximum Gasteiger partial charge on any atom is 0.288 e. The molecule has 1 atom stereocenters. The highest BCUT2D eigenvalue weighted by molar-refractivity contribution is 5.76. The Balaban J connectivity index is 1.78. The van der Waals surface area contributed by atoms with E-state index in [9.17, 15) is 4.79 Å². The van der Waals surface area contributed by atoms with Crippen LogP contribution >= 0.6 is 0 Å². The summed E-state index contributed by atoms with van der Waals surface area (Å²) in [7, 11) is 1.61. The Bertz CT molecular complexity index is 1280. The Kier molecular flexibility index (Phi) is 4.27. The highest BCUT2D eigenvalue weighted by atomic mass is 16.5. The Morgan fingerprint density at radius 3 is 2.77 bits per heavy atom. The SMILES string of the molecule is CCc1ccc([C@@H]2c3c(-c4cccc(OC)c4)n[nH]c(=O)c3Nc3nnnn32)cc1. The average molecular weight is 401 g/mol. The summed E-state index contributed by atoms with van der Waals surface area (Å²) in [6, 6.07) is 15.4. The molecule has 0 fully saturated rings. The van der Waals surface area contributed by atoms with Crippen molar-refractivity contribution in [2.45, 2.75) is 19.4 Å². The third-order valence-corrected chi connectivity index (χ3v) is 5.32. The number of fused-ring (bicyclic) bond motifs is 2. The van der Waals surface area contributed by atoms with Crippen LogP contribution < -0.4 is 15.6 Å². The molecule has 2 aromatic heterocycles. The second-order valence-electron chi connectivity index (χ2n) is 6.99. The molecule has 9 nitrogen and oxygen atoms in total. The molecule has 0 unspecified atom stereocenters. The van der Waals surface area contributed by atoms with Crippen molar-refractivity contribution in [3.8, 4) is 17.0 Å². The average Bonchev–Trinajstić information content (AvgIpc) is 3.27. The van der Waals surface area contributed by atoms with Gasteiger partial charge in [0.15, 0.2) is 0 Å². The summed E-state index contributed by atoms with van der Waals surface area (Å²) in [5.74, 6) is 1.10. The number of hydrogen-bond donors (Lipinski definition) is 2. The molecular formula is C21H19N7O2. The van der Waals surface area contributed by atoms with E-state index in [1.165, 1.54) is 5.56 Å². The number of aromatic nitrogens is 6. The first-order valence-electron chi connectivity index (χ1n) is 9.60. The van der Waals surface area contributed by atoms with Crippen LogP contribution in [0.15, 0.2) is 53.3 Å². The van der Waals surface area contributed by atoms with Gasteiger partial charge in [-0.2, -0.15) is 9.78 Å². The maximum atomic E-state index is 12.7. The second-order valence-corrected chi connectivity index (χ2v) is 6.99.